The molecule has 0 aliphatic carbocycles. The molecule has 0 unspecified atom stereocenters. The Hall–Kier alpha value is -3.08. The number of hydrogen-bond donors (Lipinski definition) is 1. The van der Waals surface area contributed by atoms with Crippen LogP contribution in [0.5, 0.6) is 0 Å². The van der Waals surface area contributed by atoms with E-state index in [9.17, 15) is 23.1 Å². The van der Waals surface area contributed by atoms with E-state index in [2.05, 4.69) is 4.98 Å². The SMILES string of the molecule is CC1(C)c2cccc(C(=O)O)c2CN1c1ccc(C(F)(F)F)c(C#N)n1. The maximum atomic E-state index is 13.0. The van der Waals surface area contributed by atoms with Gasteiger partial charge in [-0.2, -0.15) is 18.4 Å². The van der Waals surface area contributed by atoms with E-state index < -0.39 is 28.9 Å². The standard InChI is InChI=1S/C18H14F3N3O2/c1-17(2)12-5-3-4-10(16(25)26)11(12)9-24(17)15-7-6-13(18(19,20)21)14(8-22)23-15/h3-7H,9H2,1-2H3,(H,25,26). The third kappa shape index (κ3) is 2.65. The number of nitrogens with zero attached hydrogens (tertiary/aromatic N) is 3. The quantitative estimate of drug-likeness (QED) is 0.877. The molecule has 3 rings (SSSR count). The highest BCUT2D eigenvalue weighted by molar-refractivity contribution is 5.90. The minimum absolute atomic E-state index is 0.144. The van der Waals surface area contributed by atoms with E-state index in [1.807, 2.05) is 13.8 Å². The number of fused-ring (bicyclic) bond motifs is 1. The van der Waals surface area contributed by atoms with E-state index in [4.69, 9.17) is 5.26 Å². The van der Waals surface area contributed by atoms with Gasteiger partial charge in [-0.15, -0.1) is 0 Å². The number of carboxylic acids is 1. The van der Waals surface area contributed by atoms with Gasteiger partial charge in [0, 0.05) is 6.54 Å². The lowest BCUT2D eigenvalue weighted by molar-refractivity contribution is -0.138. The summed E-state index contributed by atoms with van der Waals surface area (Å²) in [6.45, 7) is 3.83. The number of benzene rings is 1. The van der Waals surface area contributed by atoms with Crippen LogP contribution in [0.4, 0.5) is 19.0 Å². The van der Waals surface area contributed by atoms with E-state index in [1.165, 1.54) is 18.2 Å². The molecule has 0 radical (unpaired) electrons. The fourth-order valence-corrected chi connectivity index (χ4v) is 3.31. The first-order valence-electron chi connectivity index (χ1n) is 7.69. The lowest BCUT2D eigenvalue weighted by Gasteiger charge is -2.33. The Bertz CT molecular complexity index is 946. The Balaban J connectivity index is 2.11. The van der Waals surface area contributed by atoms with Crippen molar-refractivity contribution >= 4 is 11.8 Å². The number of carboxylic acid groups (broad SMARTS) is 1. The number of aromatic nitrogens is 1. The van der Waals surface area contributed by atoms with E-state index in [1.54, 1.807) is 17.0 Å². The predicted octanol–water partition coefficient (Wildman–Crippen LogP) is 3.93. The molecule has 2 heterocycles. The lowest BCUT2D eigenvalue weighted by atomic mass is 9.91. The first-order valence-corrected chi connectivity index (χ1v) is 7.69. The number of rotatable bonds is 2. The molecule has 8 heteroatoms. The molecule has 0 fully saturated rings. The van der Waals surface area contributed by atoms with Gasteiger partial charge in [0.2, 0.25) is 0 Å². The molecule has 134 valence electrons. The average molecular weight is 361 g/mol. The highest BCUT2D eigenvalue weighted by atomic mass is 19.4. The van der Waals surface area contributed by atoms with E-state index in [0.717, 1.165) is 11.6 Å². The Morgan fingerprint density at radius 3 is 2.58 bits per heavy atom. The Kier molecular flexibility index (Phi) is 3.91. The number of anilines is 1. The summed E-state index contributed by atoms with van der Waals surface area (Å²) in [5.74, 6) is -0.885. The summed E-state index contributed by atoms with van der Waals surface area (Å²) in [6.07, 6.45) is -4.67. The second-order valence-corrected chi connectivity index (χ2v) is 6.46. The van der Waals surface area contributed by atoms with Crippen molar-refractivity contribution in [2.45, 2.75) is 32.1 Å². The predicted molar refractivity (Wildman–Crippen MR) is 86.6 cm³/mol. The lowest BCUT2D eigenvalue weighted by Crippen LogP contribution is -2.36. The summed E-state index contributed by atoms with van der Waals surface area (Å²) in [5.41, 5.74) is -1.00. The molecule has 26 heavy (non-hydrogen) atoms. The van der Waals surface area contributed by atoms with Crippen LogP contribution < -0.4 is 4.90 Å². The molecule has 0 bridgehead atoms. The topological polar surface area (TPSA) is 77.2 Å². The van der Waals surface area contributed by atoms with Crippen molar-refractivity contribution < 1.29 is 23.1 Å². The Morgan fingerprint density at radius 2 is 2.00 bits per heavy atom. The number of alkyl halides is 3. The van der Waals surface area contributed by atoms with Crippen molar-refractivity contribution in [2.75, 3.05) is 4.90 Å². The second kappa shape index (κ2) is 5.73. The molecular formula is C18H14F3N3O2. The van der Waals surface area contributed by atoms with E-state index >= 15 is 0 Å². The van der Waals surface area contributed by atoms with Gasteiger partial charge in [0.05, 0.1) is 16.7 Å². The zero-order valence-corrected chi connectivity index (χ0v) is 13.9. The molecule has 5 nitrogen and oxygen atoms in total. The van der Waals surface area contributed by atoms with Gasteiger partial charge >= 0.3 is 12.1 Å². The highest BCUT2D eigenvalue weighted by Gasteiger charge is 2.41. The Labute approximate surface area is 147 Å². The zero-order valence-electron chi connectivity index (χ0n) is 13.9. The molecule has 0 saturated carbocycles. The maximum absolute atomic E-state index is 13.0. The number of hydrogen-bond acceptors (Lipinski definition) is 4. The molecule has 1 aliphatic heterocycles. The van der Waals surface area contributed by atoms with Gasteiger partial charge in [0.1, 0.15) is 11.9 Å². The summed E-state index contributed by atoms with van der Waals surface area (Å²) in [5, 5.41) is 18.4. The van der Waals surface area contributed by atoms with Crippen molar-refractivity contribution in [1.82, 2.24) is 4.98 Å². The molecule has 1 aromatic carbocycles. The molecule has 0 amide bonds. The van der Waals surface area contributed by atoms with Crippen LogP contribution in [0.25, 0.3) is 0 Å². The van der Waals surface area contributed by atoms with Gasteiger partial charge in [-0.1, -0.05) is 12.1 Å². The van der Waals surface area contributed by atoms with Crippen molar-refractivity contribution in [1.29, 1.82) is 5.26 Å². The molecule has 1 aliphatic rings. The van der Waals surface area contributed by atoms with Crippen LogP contribution in [-0.2, 0) is 18.3 Å². The fraction of sp³-hybridized carbons (Fsp3) is 0.278. The van der Waals surface area contributed by atoms with Crippen molar-refractivity contribution in [2.24, 2.45) is 0 Å². The summed E-state index contributed by atoms with van der Waals surface area (Å²) in [6, 6.07) is 8.44. The van der Waals surface area contributed by atoms with Gasteiger partial charge in [0.15, 0.2) is 5.69 Å². The molecule has 1 N–H and O–H groups in total. The number of aromatic carboxylic acids is 1. The minimum atomic E-state index is -4.67. The van der Waals surface area contributed by atoms with Crippen LogP contribution in [0.1, 0.15) is 46.6 Å². The molecule has 0 atom stereocenters. The maximum Gasteiger partial charge on any atom is 0.419 e. The van der Waals surface area contributed by atoms with Crippen LogP contribution >= 0.6 is 0 Å². The summed E-state index contributed by atoms with van der Waals surface area (Å²) in [7, 11) is 0. The van der Waals surface area contributed by atoms with Crippen LogP contribution in [0.2, 0.25) is 0 Å². The summed E-state index contributed by atoms with van der Waals surface area (Å²) in [4.78, 5) is 17.1. The third-order valence-corrected chi connectivity index (χ3v) is 4.62. The van der Waals surface area contributed by atoms with Crippen molar-refractivity contribution in [3.05, 3.63) is 58.3 Å². The number of carbonyl (C=O) groups is 1. The molecule has 0 spiro atoms. The zero-order chi connectivity index (χ0) is 19.3. The van der Waals surface area contributed by atoms with Gasteiger partial charge in [-0.3, -0.25) is 0 Å². The molecule has 1 aromatic heterocycles. The van der Waals surface area contributed by atoms with Crippen molar-refractivity contribution in [3.63, 3.8) is 0 Å². The first-order chi connectivity index (χ1) is 12.1. The fourth-order valence-electron chi connectivity index (χ4n) is 3.31. The van der Waals surface area contributed by atoms with Crippen LogP contribution in [0.15, 0.2) is 30.3 Å². The molecular weight excluding hydrogens is 347 g/mol. The first kappa shape index (κ1) is 17.7. The minimum Gasteiger partial charge on any atom is -0.478 e. The van der Waals surface area contributed by atoms with Crippen LogP contribution in [-0.4, -0.2) is 16.1 Å². The van der Waals surface area contributed by atoms with E-state index in [-0.39, 0.29) is 17.9 Å². The van der Waals surface area contributed by atoms with Crippen LogP contribution in [0.3, 0.4) is 0 Å². The second-order valence-electron chi connectivity index (χ2n) is 6.46. The third-order valence-electron chi connectivity index (χ3n) is 4.62. The largest absolute Gasteiger partial charge is 0.478 e. The van der Waals surface area contributed by atoms with E-state index in [0.29, 0.717) is 5.56 Å². The number of pyridine rings is 1. The number of nitriles is 1. The molecule has 0 saturated heterocycles. The normalized spacial score (nSPS) is 15.5. The number of halogens is 3. The smallest absolute Gasteiger partial charge is 0.419 e. The summed E-state index contributed by atoms with van der Waals surface area (Å²) < 4.78 is 38.9. The summed E-state index contributed by atoms with van der Waals surface area (Å²) >= 11 is 0. The van der Waals surface area contributed by atoms with Gasteiger partial charge in [0.25, 0.3) is 0 Å². The van der Waals surface area contributed by atoms with Gasteiger partial charge in [-0.05, 0) is 43.2 Å². The highest BCUT2D eigenvalue weighted by Crippen LogP contribution is 2.43. The average Bonchev–Trinajstić information content (AvgIpc) is 2.84. The Morgan fingerprint density at radius 1 is 1.31 bits per heavy atom. The molecule has 2 aromatic rings. The monoisotopic (exact) mass is 361 g/mol. The van der Waals surface area contributed by atoms with Gasteiger partial charge < -0.3 is 10.0 Å². The van der Waals surface area contributed by atoms with Crippen molar-refractivity contribution in [3.8, 4) is 6.07 Å². The van der Waals surface area contributed by atoms with Crippen LogP contribution in [0, 0.1) is 11.3 Å². The van der Waals surface area contributed by atoms with Gasteiger partial charge in [-0.25, -0.2) is 9.78 Å².